The summed E-state index contributed by atoms with van der Waals surface area (Å²) in [6.45, 7) is 6.80. The molecular weight excluding hydrogens is 354 g/mol. The van der Waals surface area contributed by atoms with Gasteiger partial charge >= 0.3 is 11.9 Å². The third-order valence-corrected chi connectivity index (χ3v) is 6.48. The Morgan fingerprint density at radius 3 is 2.48 bits per heavy atom. The van der Waals surface area contributed by atoms with E-state index in [4.69, 9.17) is 4.74 Å². The second-order valence-corrected chi connectivity index (χ2v) is 8.47. The highest BCUT2D eigenvalue weighted by Gasteiger charge is 2.44. The second-order valence-electron chi connectivity index (χ2n) is 6.83. The van der Waals surface area contributed by atoms with E-state index in [0.29, 0.717) is 23.8 Å². The minimum atomic E-state index is -0.831. The summed E-state index contributed by atoms with van der Waals surface area (Å²) in [6, 6.07) is 8.46. The molecule has 1 heterocycles. The molecule has 0 aromatic heterocycles. The van der Waals surface area contributed by atoms with Crippen molar-refractivity contribution < 1.29 is 14.3 Å². The Morgan fingerprint density at radius 2 is 1.96 bits per heavy atom. The van der Waals surface area contributed by atoms with Crippen LogP contribution < -0.4 is 5.32 Å². The summed E-state index contributed by atoms with van der Waals surface area (Å²) in [6.07, 6.45) is 1.56. The van der Waals surface area contributed by atoms with Gasteiger partial charge in [-0.2, -0.15) is 12.6 Å². The van der Waals surface area contributed by atoms with Crippen molar-refractivity contribution in [2.45, 2.75) is 50.2 Å². The summed E-state index contributed by atoms with van der Waals surface area (Å²) in [4.78, 5) is 23.7. The number of thioether (sulfide) groups is 1. The van der Waals surface area contributed by atoms with Crippen LogP contribution in [0.5, 0.6) is 0 Å². The number of benzene rings is 1. The molecule has 0 amide bonds. The number of rotatable bonds is 7. The van der Waals surface area contributed by atoms with Gasteiger partial charge in [-0.25, -0.2) is 4.79 Å². The first-order valence-electron chi connectivity index (χ1n) is 8.73. The smallest absolute Gasteiger partial charge is 0.344 e. The standard InChI is InChI=1S/C19H27NO3S2/c1-13(2)16-7-5-15(6-8-16)12-25-19(9-4-10-20-19)18(22)23-17(21)14(3)11-24/h5-8,13-14,20,24H,4,9-12H2,1-3H3/t14-,19+/m1/s1. The molecule has 1 fully saturated rings. The lowest BCUT2D eigenvalue weighted by atomic mass is 10.0. The fourth-order valence-electron chi connectivity index (χ4n) is 2.63. The van der Waals surface area contributed by atoms with Gasteiger partial charge in [0.1, 0.15) is 0 Å². The predicted molar refractivity (Wildman–Crippen MR) is 106 cm³/mol. The van der Waals surface area contributed by atoms with Crippen LogP contribution >= 0.6 is 24.4 Å². The fraction of sp³-hybridized carbons (Fsp3) is 0.579. The van der Waals surface area contributed by atoms with Crippen LogP contribution in [0, 0.1) is 5.92 Å². The number of carbonyl (C=O) groups excluding carboxylic acids is 2. The topological polar surface area (TPSA) is 55.4 Å². The van der Waals surface area contributed by atoms with Gasteiger partial charge in [0, 0.05) is 11.5 Å². The highest BCUT2D eigenvalue weighted by Crippen LogP contribution is 2.36. The molecule has 1 aliphatic rings. The number of esters is 2. The van der Waals surface area contributed by atoms with Crippen molar-refractivity contribution in [2.24, 2.45) is 5.92 Å². The van der Waals surface area contributed by atoms with Crippen molar-refractivity contribution in [3.63, 3.8) is 0 Å². The third-order valence-electron chi connectivity index (χ3n) is 4.45. The number of thiol groups is 1. The lowest BCUT2D eigenvalue weighted by molar-refractivity contribution is -0.163. The van der Waals surface area contributed by atoms with Crippen LogP contribution in [0.1, 0.15) is 50.7 Å². The van der Waals surface area contributed by atoms with Gasteiger partial charge in [-0.05, 0) is 36.4 Å². The van der Waals surface area contributed by atoms with E-state index in [1.54, 1.807) is 6.92 Å². The molecule has 1 aromatic rings. The first-order chi connectivity index (χ1) is 11.9. The zero-order chi connectivity index (χ0) is 18.4. The van der Waals surface area contributed by atoms with Crippen LogP contribution in [0.25, 0.3) is 0 Å². The molecule has 1 aliphatic heterocycles. The number of nitrogens with one attached hydrogen (secondary N) is 1. The summed E-state index contributed by atoms with van der Waals surface area (Å²) in [5, 5.41) is 3.25. The average molecular weight is 382 g/mol. The minimum absolute atomic E-state index is 0.363. The van der Waals surface area contributed by atoms with E-state index in [0.717, 1.165) is 18.5 Å². The zero-order valence-corrected chi connectivity index (χ0v) is 16.8. The maximum absolute atomic E-state index is 12.6. The van der Waals surface area contributed by atoms with E-state index in [-0.39, 0.29) is 5.92 Å². The Bertz CT molecular complexity index is 595. The maximum atomic E-state index is 12.6. The molecule has 138 valence electrons. The monoisotopic (exact) mass is 381 g/mol. The van der Waals surface area contributed by atoms with E-state index >= 15 is 0 Å². The lowest BCUT2D eigenvalue weighted by Crippen LogP contribution is -2.47. The maximum Gasteiger partial charge on any atom is 0.344 e. The van der Waals surface area contributed by atoms with Gasteiger partial charge < -0.3 is 4.74 Å². The van der Waals surface area contributed by atoms with Crippen LogP contribution in [-0.4, -0.2) is 29.1 Å². The molecule has 0 radical (unpaired) electrons. The highest BCUT2D eigenvalue weighted by atomic mass is 32.2. The van der Waals surface area contributed by atoms with E-state index in [2.05, 4.69) is 56.1 Å². The zero-order valence-electron chi connectivity index (χ0n) is 15.1. The molecule has 2 atom stereocenters. The SMILES string of the molecule is CC(C)c1ccc(CS[C@]2(C(=O)OC(=O)[C@H](C)CS)CCCN2)cc1. The van der Waals surface area contributed by atoms with Crippen molar-refractivity contribution in [3.05, 3.63) is 35.4 Å². The Hall–Kier alpha value is -0.980. The van der Waals surface area contributed by atoms with Crippen molar-refractivity contribution in [1.29, 1.82) is 0 Å². The Labute approximate surface area is 159 Å². The first-order valence-corrected chi connectivity index (χ1v) is 10.3. The summed E-state index contributed by atoms with van der Waals surface area (Å²) in [5.74, 6) is 0.180. The van der Waals surface area contributed by atoms with Crippen molar-refractivity contribution in [3.8, 4) is 0 Å². The van der Waals surface area contributed by atoms with Crippen LogP contribution in [0.15, 0.2) is 24.3 Å². The Balaban J connectivity index is 2.02. The van der Waals surface area contributed by atoms with Gasteiger partial charge in [0.2, 0.25) is 0 Å². The van der Waals surface area contributed by atoms with Gasteiger partial charge in [-0.3, -0.25) is 10.1 Å². The van der Waals surface area contributed by atoms with E-state index in [9.17, 15) is 9.59 Å². The molecule has 1 N–H and O–H groups in total. The number of hydrogen-bond donors (Lipinski definition) is 2. The highest BCUT2D eigenvalue weighted by molar-refractivity contribution is 8.00. The van der Waals surface area contributed by atoms with Crippen molar-refractivity contribution >= 4 is 36.3 Å². The summed E-state index contributed by atoms with van der Waals surface area (Å²) in [7, 11) is 0. The van der Waals surface area contributed by atoms with Gasteiger partial charge in [0.25, 0.3) is 0 Å². The van der Waals surface area contributed by atoms with E-state index in [1.807, 2.05) is 0 Å². The Kier molecular flexibility index (Phi) is 7.40. The lowest BCUT2D eigenvalue weighted by Gasteiger charge is -2.26. The molecule has 0 saturated carbocycles. The molecule has 0 spiro atoms. The fourth-order valence-corrected chi connectivity index (χ4v) is 4.03. The van der Waals surface area contributed by atoms with E-state index in [1.165, 1.54) is 17.3 Å². The normalized spacial score (nSPS) is 21.3. The van der Waals surface area contributed by atoms with Crippen LogP contribution in [0.2, 0.25) is 0 Å². The molecule has 25 heavy (non-hydrogen) atoms. The minimum Gasteiger partial charge on any atom is -0.391 e. The van der Waals surface area contributed by atoms with Crippen LogP contribution in [0.4, 0.5) is 0 Å². The second kappa shape index (κ2) is 9.10. The summed E-state index contributed by atoms with van der Waals surface area (Å²) >= 11 is 5.60. The molecule has 0 unspecified atom stereocenters. The van der Waals surface area contributed by atoms with Gasteiger partial charge in [-0.15, -0.1) is 11.8 Å². The molecule has 0 bridgehead atoms. The van der Waals surface area contributed by atoms with Crippen LogP contribution in [0.3, 0.4) is 0 Å². The first kappa shape index (κ1) is 20.3. The Morgan fingerprint density at radius 1 is 1.28 bits per heavy atom. The molecule has 2 rings (SSSR count). The van der Waals surface area contributed by atoms with Crippen molar-refractivity contribution in [1.82, 2.24) is 5.32 Å². The van der Waals surface area contributed by atoms with E-state index < -0.39 is 16.8 Å². The predicted octanol–water partition coefficient (Wildman–Crippen LogP) is 3.76. The van der Waals surface area contributed by atoms with Gasteiger partial charge in [0.15, 0.2) is 4.87 Å². The molecule has 4 nitrogen and oxygen atoms in total. The molecular formula is C19H27NO3S2. The van der Waals surface area contributed by atoms with Crippen molar-refractivity contribution in [2.75, 3.05) is 12.3 Å². The molecule has 6 heteroatoms. The molecule has 1 aromatic carbocycles. The quantitative estimate of drug-likeness (QED) is 0.428. The number of carbonyl (C=O) groups is 2. The summed E-state index contributed by atoms with van der Waals surface area (Å²) in [5.41, 5.74) is 2.46. The van der Waals surface area contributed by atoms with Gasteiger partial charge in [-0.1, -0.05) is 45.0 Å². The number of ether oxygens (including phenoxy) is 1. The summed E-state index contributed by atoms with van der Waals surface area (Å²) < 4.78 is 5.12. The molecule has 0 aliphatic carbocycles. The largest absolute Gasteiger partial charge is 0.391 e. The van der Waals surface area contributed by atoms with Crippen LogP contribution in [-0.2, 0) is 20.1 Å². The average Bonchev–Trinajstić information content (AvgIpc) is 3.09. The number of hydrogen-bond acceptors (Lipinski definition) is 6. The molecule has 1 saturated heterocycles. The third kappa shape index (κ3) is 5.25. The van der Waals surface area contributed by atoms with Gasteiger partial charge in [0.05, 0.1) is 5.92 Å².